The summed E-state index contributed by atoms with van der Waals surface area (Å²) in [6, 6.07) is 25.4. The predicted octanol–water partition coefficient (Wildman–Crippen LogP) is 5.22. The van der Waals surface area contributed by atoms with Gasteiger partial charge in [-0.05, 0) is 86.2 Å². The Balaban J connectivity index is 0.720. The fraction of sp³-hybridized carbons (Fsp3) is 0.414. The molecule has 25 heteroatoms. The van der Waals surface area contributed by atoms with Crippen LogP contribution in [0.15, 0.2) is 113 Å². The minimum absolute atomic E-state index is 0.0199. The maximum absolute atomic E-state index is 13.6. The zero-order valence-electron chi connectivity index (χ0n) is 45.7. The molecule has 5 aromatic rings. The second kappa shape index (κ2) is 31.2. The summed E-state index contributed by atoms with van der Waals surface area (Å²) in [6.45, 7) is 3.34. The van der Waals surface area contributed by atoms with E-state index in [1.807, 2.05) is 17.8 Å². The molecule has 0 spiro atoms. The molecule has 8 rings (SSSR count). The smallest absolute Gasteiger partial charge is 0.363 e. The number of nitrogens with one attached hydrogen (secondary N) is 5. The van der Waals surface area contributed by atoms with Gasteiger partial charge in [0, 0.05) is 92.4 Å². The van der Waals surface area contributed by atoms with Crippen molar-refractivity contribution >= 4 is 70.5 Å². The van der Waals surface area contributed by atoms with E-state index in [0.717, 1.165) is 24.2 Å². The highest BCUT2D eigenvalue weighted by Crippen LogP contribution is 2.33. The van der Waals surface area contributed by atoms with E-state index < -0.39 is 23.8 Å². The van der Waals surface area contributed by atoms with Crippen LogP contribution in [0.4, 0.5) is 16.2 Å². The number of hydrogen-bond donors (Lipinski definition) is 6. The minimum Gasteiger partial charge on any atom is -0.506 e. The average Bonchev–Trinajstić information content (AvgIpc) is 4.38. The standard InChI is InChI=1S/C58H67N11O13S/c70-48-21-12-38(34-45(48)66-64-43-19-17-42(18-20-43)57(77)82-69-51(72)22-23-52(69)73)24-27-68-36-44(65-67-68)35-46(61-50(71)11-5-4-10-49-53-47(37-83-49)62-58(78)63-53)56(76)60-26-7-29-80-31-33-81-32-30-79-28-6-25-59-55(75)41-15-13-40(14-16-41)54(74)39-8-2-1-3-9-39/h1-3,8-9,12-21,34,36,46-47,49,53,70H,4-7,10-11,22-33,35,37H2,(H,59,75)(H,60,76)(H,61,71)(H2,62,63,78)/b66-64+/t46?,47-,49?,53-/m1/s1. The number of amides is 7. The SMILES string of the molecule is O=C(CCCCC1SC[C@H]2NC(=O)N[C@@H]12)NC(Cc1cn(CCc2ccc(O)c(/N=N/c3ccc(C(=O)ON4C(=O)CCC4=O)cc3)c2)nn1)C(=O)NCCCOCCOCCOCCCNC(=O)c1ccc(C(=O)c2ccccc2)cc1. The van der Waals surface area contributed by atoms with E-state index >= 15 is 0 Å². The molecule has 3 fully saturated rings. The number of unbranched alkanes of at least 4 members (excludes halogenated alkanes) is 1. The van der Waals surface area contributed by atoms with Crippen molar-refractivity contribution in [3.63, 3.8) is 0 Å². The van der Waals surface area contributed by atoms with Gasteiger partial charge in [0.25, 0.3) is 17.7 Å². The lowest BCUT2D eigenvalue weighted by molar-refractivity contribution is -0.172. The molecule has 4 atom stereocenters. The number of ketones is 1. The van der Waals surface area contributed by atoms with Gasteiger partial charge >= 0.3 is 12.0 Å². The number of aromatic nitrogens is 3. The number of imide groups is 1. The summed E-state index contributed by atoms with van der Waals surface area (Å²) in [7, 11) is 0. The number of benzene rings is 4. The Hall–Kier alpha value is -8.39. The number of carbonyl (C=O) groups excluding carboxylic acids is 8. The number of phenols is 1. The number of nitrogens with zero attached hydrogens (tertiary/aromatic N) is 6. The number of rotatable bonds is 33. The van der Waals surface area contributed by atoms with Gasteiger partial charge in [0.05, 0.1) is 55.5 Å². The molecule has 3 aliphatic rings. The Morgan fingerprint density at radius 1 is 0.735 bits per heavy atom. The molecule has 438 valence electrons. The van der Waals surface area contributed by atoms with Gasteiger partial charge in [-0.25, -0.2) is 9.59 Å². The first-order chi connectivity index (χ1) is 40.4. The predicted molar refractivity (Wildman–Crippen MR) is 302 cm³/mol. The monoisotopic (exact) mass is 1160 g/mol. The van der Waals surface area contributed by atoms with Crippen LogP contribution in [0, 0.1) is 0 Å². The first kappa shape index (κ1) is 60.7. The van der Waals surface area contributed by atoms with E-state index in [9.17, 15) is 43.5 Å². The number of hydroxylamine groups is 2. The maximum atomic E-state index is 13.6. The Labute approximate surface area is 483 Å². The Bertz CT molecular complexity index is 3060. The molecule has 3 saturated heterocycles. The average molecular weight is 1160 g/mol. The highest BCUT2D eigenvalue weighted by atomic mass is 32.2. The van der Waals surface area contributed by atoms with Crippen molar-refractivity contribution in [2.45, 2.75) is 94.1 Å². The van der Waals surface area contributed by atoms with Crippen molar-refractivity contribution in [1.29, 1.82) is 0 Å². The molecular weight excluding hydrogens is 1090 g/mol. The summed E-state index contributed by atoms with van der Waals surface area (Å²) in [6.07, 6.45) is 5.80. The Morgan fingerprint density at radius 3 is 2.12 bits per heavy atom. The van der Waals surface area contributed by atoms with Crippen molar-refractivity contribution in [3.8, 4) is 5.75 Å². The van der Waals surface area contributed by atoms with Crippen LogP contribution in [0.1, 0.15) is 99.3 Å². The van der Waals surface area contributed by atoms with Crippen molar-refractivity contribution in [3.05, 3.63) is 137 Å². The number of azo groups is 1. The van der Waals surface area contributed by atoms with Crippen molar-refractivity contribution in [2.75, 3.05) is 58.5 Å². The molecule has 7 amide bonds. The zero-order chi connectivity index (χ0) is 58.3. The van der Waals surface area contributed by atoms with Crippen LogP contribution in [0.5, 0.6) is 5.75 Å². The largest absolute Gasteiger partial charge is 0.506 e. The van der Waals surface area contributed by atoms with Crippen molar-refractivity contribution in [1.82, 2.24) is 46.6 Å². The highest BCUT2D eigenvalue weighted by Gasteiger charge is 2.42. The summed E-state index contributed by atoms with van der Waals surface area (Å²) in [4.78, 5) is 105. The summed E-state index contributed by atoms with van der Waals surface area (Å²) in [5.41, 5.74) is 3.49. The lowest BCUT2D eigenvalue weighted by Gasteiger charge is -2.18. The summed E-state index contributed by atoms with van der Waals surface area (Å²) in [5, 5.41) is 42.9. The summed E-state index contributed by atoms with van der Waals surface area (Å²) >= 11 is 1.82. The molecule has 0 aliphatic carbocycles. The maximum Gasteiger partial charge on any atom is 0.363 e. The highest BCUT2D eigenvalue weighted by molar-refractivity contribution is 8.00. The van der Waals surface area contributed by atoms with E-state index in [1.54, 1.807) is 71.5 Å². The van der Waals surface area contributed by atoms with Crippen LogP contribution in [-0.4, -0.2) is 154 Å². The van der Waals surface area contributed by atoms with Gasteiger partial charge in [0.1, 0.15) is 17.5 Å². The van der Waals surface area contributed by atoms with E-state index in [0.29, 0.717) is 118 Å². The van der Waals surface area contributed by atoms with Crippen LogP contribution in [0.2, 0.25) is 0 Å². The molecule has 4 aromatic carbocycles. The summed E-state index contributed by atoms with van der Waals surface area (Å²) in [5.74, 6) is -2.29. The van der Waals surface area contributed by atoms with Gasteiger partial charge in [-0.3, -0.25) is 33.4 Å². The normalized spacial score (nSPS) is 16.8. The molecule has 4 heterocycles. The first-order valence-electron chi connectivity index (χ1n) is 27.6. The molecule has 0 bridgehead atoms. The number of fused-ring (bicyclic) bond motifs is 1. The quantitative estimate of drug-likeness (QED) is 0.0103. The number of aryl methyl sites for hydroxylation is 2. The minimum atomic E-state index is -0.933. The van der Waals surface area contributed by atoms with Gasteiger partial charge in [-0.2, -0.15) is 16.9 Å². The number of urea groups is 1. The molecule has 24 nitrogen and oxygen atoms in total. The third kappa shape index (κ3) is 18.6. The molecule has 3 aliphatic heterocycles. The van der Waals surface area contributed by atoms with Crippen LogP contribution < -0.4 is 26.6 Å². The number of aromatic hydroxyl groups is 1. The topological polar surface area (TPSA) is 313 Å². The van der Waals surface area contributed by atoms with Gasteiger partial charge in [0.15, 0.2) is 5.78 Å². The molecule has 1 aromatic heterocycles. The summed E-state index contributed by atoms with van der Waals surface area (Å²) < 4.78 is 18.6. The van der Waals surface area contributed by atoms with E-state index in [1.165, 1.54) is 30.3 Å². The van der Waals surface area contributed by atoms with Crippen LogP contribution >= 0.6 is 11.8 Å². The van der Waals surface area contributed by atoms with Crippen LogP contribution in [0.3, 0.4) is 0 Å². The van der Waals surface area contributed by atoms with Crippen molar-refractivity contribution < 1.29 is 62.5 Å². The van der Waals surface area contributed by atoms with Gasteiger partial charge in [-0.1, -0.05) is 60.2 Å². The van der Waals surface area contributed by atoms with Crippen LogP contribution in [-0.2, 0) is 57.6 Å². The number of ether oxygens (including phenoxy) is 3. The van der Waals surface area contributed by atoms with Gasteiger partial charge in [-0.15, -0.1) is 15.3 Å². The molecule has 0 radical (unpaired) electrons. The Kier molecular flexibility index (Phi) is 22.8. The number of hydrogen-bond acceptors (Lipinski definition) is 18. The zero-order valence-corrected chi connectivity index (χ0v) is 46.5. The lowest BCUT2D eigenvalue weighted by atomic mass is 10.0. The molecule has 0 saturated carbocycles. The number of phenolic OH excluding ortho intramolecular Hbond substituents is 1. The molecule has 6 N–H and O–H groups in total. The number of thioether (sulfide) groups is 1. The molecule has 83 heavy (non-hydrogen) atoms. The first-order valence-corrected chi connectivity index (χ1v) is 28.7. The van der Waals surface area contributed by atoms with E-state index in [4.69, 9.17) is 19.0 Å². The fourth-order valence-electron chi connectivity index (χ4n) is 9.18. The second-order valence-electron chi connectivity index (χ2n) is 19.8. The molecular formula is C58H67N11O13S. The number of carbonyl (C=O) groups is 8. The molecule has 2 unspecified atom stereocenters. The third-order valence-electron chi connectivity index (χ3n) is 13.7. The second-order valence-corrected chi connectivity index (χ2v) is 21.1. The fourth-order valence-corrected chi connectivity index (χ4v) is 10.7. The van der Waals surface area contributed by atoms with Crippen molar-refractivity contribution in [2.24, 2.45) is 10.2 Å². The van der Waals surface area contributed by atoms with Gasteiger partial charge < -0.3 is 50.7 Å². The van der Waals surface area contributed by atoms with Gasteiger partial charge in [0.2, 0.25) is 11.8 Å². The van der Waals surface area contributed by atoms with E-state index in [2.05, 4.69) is 47.1 Å². The lowest BCUT2D eigenvalue weighted by Crippen LogP contribution is -2.48. The third-order valence-corrected chi connectivity index (χ3v) is 15.2. The van der Waals surface area contributed by atoms with Crippen LogP contribution in [0.25, 0.3) is 0 Å². The Morgan fingerprint density at radius 2 is 1.40 bits per heavy atom. The van der Waals surface area contributed by atoms with E-state index in [-0.39, 0.29) is 89.6 Å².